The Morgan fingerprint density at radius 3 is 2.74 bits per heavy atom. The molecule has 1 aromatic rings. The molecule has 108 valence electrons. The number of amides is 1. The minimum Gasteiger partial charge on any atom is -0.379 e. The summed E-state index contributed by atoms with van der Waals surface area (Å²) in [6, 6.07) is 0. The van der Waals surface area contributed by atoms with Crippen molar-refractivity contribution in [2.75, 3.05) is 39.4 Å². The molecule has 7 heteroatoms. The van der Waals surface area contributed by atoms with Crippen molar-refractivity contribution in [3.63, 3.8) is 0 Å². The van der Waals surface area contributed by atoms with E-state index in [0.717, 1.165) is 38.5 Å². The van der Waals surface area contributed by atoms with Gasteiger partial charge < -0.3 is 10.1 Å². The molecule has 1 saturated heterocycles. The van der Waals surface area contributed by atoms with Gasteiger partial charge in [0.15, 0.2) is 0 Å². The highest BCUT2D eigenvalue weighted by Crippen LogP contribution is 2.04. The second-order valence-corrected chi connectivity index (χ2v) is 4.51. The Bertz CT molecular complexity index is 416. The van der Waals surface area contributed by atoms with Crippen molar-refractivity contribution in [2.24, 2.45) is 7.05 Å². The quantitative estimate of drug-likeness (QED) is 0.861. The third-order valence-electron chi connectivity index (χ3n) is 3.08. The van der Waals surface area contributed by atoms with Crippen LogP contribution in [-0.2, 0) is 11.8 Å². The number of ether oxygens (including phenoxy) is 1. The molecule has 1 aliphatic heterocycles. The van der Waals surface area contributed by atoms with Gasteiger partial charge >= 0.3 is 0 Å². The first kappa shape index (κ1) is 15.9. The lowest BCUT2D eigenvalue weighted by atomic mass is 10.2. The first-order valence-electron chi connectivity index (χ1n) is 6.25. The molecule has 6 nitrogen and oxygen atoms in total. The summed E-state index contributed by atoms with van der Waals surface area (Å²) in [5.74, 6) is -0.0474. The average molecular weight is 289 g/mol. The van der Waals surface area contributed by atoms with E-state index in [2.05, 4.69) is 15.3 Å². The first-order chi connectivity index (χ1) is 8.66. The highest BCUT2D eigenvalue weighted by Gasteiger charge is 2.13. The number of hydrogen-bond acceptors (Lipinski definition) is 4. The van der Waals surface area contributed by atoms with Gasteiger partial charge in [-0.25, -0.2) is 0 Å². The summed E-state index contributed by atoms with van der Waals surface area (Å²) >= 11 is 0. The minimum absolute atomic E-state index is 0. The van der Waals surface area contributed by atoms with Gasteiger partial charge in [0.2, 0.25) is 0 Å². The zero-order valence-electron chi connectivity index (χ0n) is 11.4. The fourth-order valence-electron chi connectivity index (χ4n) is 2.07. The van der Waals surface area contributed by atoms with Crippen molar-refractivity contribution in [2.45, 2.75) is 6.92 Å². The smallest absolute Gasteiger partial charge is 0.254 e. The predicted octanol–water partition coefficient (Wildman–Crippen LogP) is 0.212. The van der Waals surface area contributed by atoms with Crippen LogP contribution < -0.4 is 5.32 Å². The molecule has 2 heterocycles. The molecule has 1 N–H and O–H groups in total. The minimum atomic E-state index is -0.0474. The number of halogens is 1. The van der Waals surface area contributed by atoms with Crippen molar-refractivity contribution in [1.82, 2.24) is 20.0 Å². The van der Waals surface area contributed by atoms with E-state index in [-0.39, 0.29) is 18.3 Å². The molecule has 0 aromatic carbocycles. The van der Waals surface area contributed by atoms with Crippen LogP contribution in [0.25, 0.3) is 0 Å². The lowest BCUT2D eigenvalue weighted by Gasteiger charge is -2.26. The van der Waals surface area contributed by atoms with Crippen molar-refractivity contribution in [1.29, 1.82) is 0 Å². The summed E-state index contributed by atoms with van der Waals surface area (Å²) in [4.78, 5) is 14.2. The van der Waals surface area contributed by atoms with Gasteiger partial charge in [-0.3, -0.25) is 14.4 Å². The van der Waals surface area contributed by atoms with E-state index in [9.17, 15) is 4.79 Å². The maximum atomic E-state index is 11.9. The normalized spacial score (nSPS) is 15.9. The number of carbonyl (C=O) groups excluding carboxylic acids is 1. The molecule has 0 unspecified atom stereocenters. The number of nitrogens with one attached hydrogen (secondary N) is 1. The van der Waals surface area contributed by atoms with Crippen LogP contribution in [0, 0.1) is 6.92 Å². The molecule has 1 fully saturated rings. The van der Waals surface area contributed by atoms with Gasteiger partial charge in [0, 0.05) is 39.4 Å². The maximum absolute atomic E-state index is 11.9. The van der Waals surface area contributed by atoms with Crippen LogP contribution >= 0.6 is 12.4 Å². The van der Waals surface area contributed by atoms with E-state index >= 15 is 0 Å². The molecule has 0 radical (unpaired) electrons. The van der Waals surface area contributed by atoms with Crippen molar-refractivity contribution in [3.8, 4) is 0 Å². The van der Waals surface area contributed by atoms with Crippen molar-refractivity contribution < 1.29 is 9.53 Å². The summed E-state index contributed by atoms with van der Waals surface area (Å²) < 4.78 is 6.93. The number of morpholine rings is 1. The molecule has 1 amide bonds. The van der Waals surface area contributed by atoms with E-state index in [4.69, 9.17) is 4.74 Å². The van der Waals surface area contributed by atoms with Gasteiger partial charge in [-0.15, -0.1) is 12.4 Å². The summed E-state index contributed by atoms with van der Waals surface area (Å²) in [5.41, 5.74) is 1.42. The highest BCUT2D eigenvalue weighted by atomic mass is 35.5. The van der Waals surface area contributed by atoms with E-state index < -0.39 is 0 Å². The fourth-order valence-corrected chi connectivity index (χ4v) is 2.07. The summed E-state index contributed by atoms with van der Waals surface area (Å²) in [5, 5.41) is 7.08. The monoisotopic (exact) mass is 288 g/mol. The zero-order chi connectivity index (χ0) is 13.0. The van der Waals surface area contributed by atoms with E-state index in [1.165, 1.54) is 0 Å². The number of rotatable bonds is 4. The molecular formula is C12H21ClN4O2. The second kappa shape index (κ2) is 7.47. The van der Waals surface area contributed by atoms with Crippen molar-refractivity contribution in [3.05, 3.63) is 17.5 Å². The number of hydrogen-bond donors (Lipinski definition) is 1. The van der Waals surface area contributed by atoms with Gasteiger partial charge in [0.25, 0.3) is 5.91 Å². The predicted molar refractivity (Wildman–Crippen MR) is 74.8 cm³/mol. The summed E-state index contributed by atoms with van der Waals surface area (Å²) in [7, 11) is 1.82. The Morgan fingerprint density at radius 1 is 1.47 bits per heavy atom. The van der Waals surface area contributed by atoms with Gasteiger partial charge in [0.1, 0.15) is 0 Å². The Kier molecular flexibility index (Phi) is 6.27. The second-order valence-electron chi connectivity index (χ2n) is 4.51. The molecular weight excluding hydrogens is 268 g/mol. The fraction of sp³-hybridized carbons (Fsp3) is 0.667. The van der Waals surface area contributed by atoms with Gasteiger partial charge in [-0.2, -0.15) is 5.10 Å². The standard InChI is InChI=1S/C12H20N4O2.ClH/c1-10-11(9-15(2)14-10)12(17)13-3-4-16-5-7-18-8-6-16;/h9H,3-8H2,1-2H3,(H,13,17);1H. The van der Waals surface area contributed by atoms with Gasteiger partial charge in [-0.05, 0) is 6.92 Å². The van der Waals surface area contributed by atoms with Crippen LogP contribution in [0.3, 0.4) is 0 Å². The van der Waals surface area contributed by atoms with Crippen molar-refractivity contribution >= 4 is 18.3 Å². The highest BCUT2D eigenvalue weighted by molar-refractivity contribution is 5.94. The first-order valence-corrected chi connectivity index (χ1v) is 6.25. The molecule has 0 saturated carbocycles. The molecule has 0 atom stereocenters. The molecule has 0 aliphatic carbocycles. The summed E-state index contributed by atoms with van der Waals surface area (Å²) in [6.07, 6.45) is 1.75. The molecule has 2 rings (SSSR count). The van der Waals surface area contributed by atoms with Crippen LogP contribution in [0.4, 0.5) is 0 Å². The molecule has 1 aliphatic rings. The van der Waals surface area contributed by atoms with E-state index in [1.807, 2.05) is 14.0 Å². The van der Waals surface area contributed by atoms with E-state index in [1.54, 1.807) is 10.9 Å². The Hall–Kier alpha value is -1.11. The van der Waals surface area contributed by atoms with Crippen LogP contribution in [0.15, 0.2) is 6.20 Å². The van der Waals surface area contributed by atoms with Crippen LogP contribution in [0.1, 0.15) is 16.1 Å². The third-order valence-corrected chi connectivity index (χ3v) is 3.08. The Balaban J connectivity index is 0.00000180. The third kappa shape index (κ3) is 4.49. The van der Waals surface area contributed by atoms with Gasteiger partial charge in [-0.1, -0.05) is 0 Å². The SMILES string of the molecule is Cc1nn(C)cc1C(=O)NCCN1CCOCC1.Cl. The zero-order valence-corrected chi connectivity index (χ0v) is 12.2. The average Bonchev–Trinajstić information content (AvgIpc) is 2.70. The number of aryl methyl sites for hydroxylation is 2. The molecule has 0 bridgehead atoms. The van der Waals surface area contributed by atoms with Crippen LogP contribution in [0.2, 0.25) is 0 Å². The molecule has 1 aromatic heterocycles. The number of aromatic nitrogens is 2. The Morgan fingerprint density at radius 2 is 2.16 bits per heavy atom. The molecule has 19 heavy (non-hydrogen) atoms. The maximum Gasteiger partial charge on any atom is 0.254 e. The number of carbonyl (C=O) groups is 1. The number of nitrogens with zero attached hydrogens (tertiary/aromatic N) is 3. The van der Waals surface area contributed by atoms with Gasteiger partial charge in [0.05, 0.1) is 24.5 Å². The lowest BCUT2D eigenvalue weighted by Crippen LogP contribution is -2.41. The molecule has 0 spiro atoms. The van der Waals surface area contributed by atoms with E-state index in [0.29, 0.717) is 12.1 Å². The lowest BCUT2D eigenvalue weighted by molar-refractivity contribution is 0.0383. The summed E-state index contributed by atoms with van der Waals surface area (Å²) in [6.45, 7) is 6.84. The van der Waals surface area contributed by atoms with Crippen LogP contribution in [0.5, 0.6) is 0 Å². The Labute approximate surface area is 119 Å². The van der Waals surface area contributed by atoms with Crippen LogP contribution in [-0.4, -0.2) is 60.0 Å². The topological polar surface area (TPSA) is 59.4 Å². The largest absolute Gasteiger partial charge is 0.379 e.